The van der Waals surface area contributed by atoms with Crippen molar-refractivity contribution >= 4 is 5.91 Å². The van der Waals surface area contributed by atoms with Gasteiger partial charge >= 0.3 is 0 Å². The lowest BCUT2D eigenvalue weighted by atomic mass is 10.2. The molecule has 0 bridgehead atoms. The monoisotopic (exact) mass is 260 g/mol. The SMILES string of the molecule is COc1ncccc1C(=O)N(C)C(C)c1ccco1. The van der Waals surface area contributed by atoms with Crippen LogP contribution in [0.1, 0.15) is 29.1 Å². The van der Waals surface area contributed by atoms with E-state index in [0.717, 1.165) is 5.76 Å². The molecular formula is C14H16N2O3. The van der Waals surface area contributed by atoms with Gasteiger partial charge in [0.25, 0.3) is 5.91 Å². The van der Waals surface area contributed by atoms with Crippen molar-refractivity contribution in [3.05, 3.63) is 48.0 Å². The van der Waals surface area contributed by atoms with Crippen LogP contribution in [-0.2, 0) is 0 Å². The molecule has 1 amide bonds. The number of carbonyl (C=O) groups excluding carboxylic acids is 1. The highest BCUT2D eigenvalue weighted by Gasteiger charge is 2.23. The van der Waals surface area contributed by atoms with Gasteiger partial charge in [-0.1, -0.05) is 0 Å². The number of aromatic nitrogens is 1. The molecule has 100 valence electrons. The largest absolute Gasteiger partial charge is 0.480 e. The fourth-order valence-corrected chi connectivity index (χ4v) is 1.80. The van der Waals surface area contributed by atoms with Gasteiger partial charge in [0.15, 0.2) is 0 Å². The molecule has 5 heteroatoms. The van der Waals surface area contributed by atoms with Crippen molar-refractivity contribution in [2.24, 2.45) is 0 Å². The second kappa shape index (κ2) is 5.56. The van der Waals surface area contributed by atoms with Gasteiger partial charge in [0.2, 0.25) is 5.88 Å². The van der Waals surface area contributed by atoms with Crippen LogP contribution in [0.15, 0.2) is 41.1 Å². The summed E-state index contributed by atoms with van der Waals surface area (Å²) in [5.41, 5.74) is 0.436. The predicted molar refractivity (Wildman–Crippen MR) is 70.0 cm³/mol. The van der Waals surface area contributed by atoms with Crippen LogP contribution in [0.25, 0.3) is 0 Å². The van der Waals surface area contributed by atoms with Crippen LogP contribution in [0, 0.1) is 0 Å². The molecule has 2 aromatic rings. The lowest BCUT2D eigenvalue weighted by Gasteiger charge is -2.23. The number of carbonyl (C=O) groups is 1. The molecule has 0 aliphatic heterocycles. The zero-order chi connectivity index (χ0) is 13.8. The molecule has 2 rings (SSSR count). The molecule has 1 unspecified atom stereocenters. The molecule has 0 saturated heterocycles. The second-order valence-electron chi connectivity index (χ2n) is 4.17. The van der Waals surface area contributed by atoms with Gasteiger partial charge in [0.05, 0.1) is 19.4 Å². The molecule has 0 N–H and O–H groups in total. The summed E-state index contributed by atoms with van der Waals surface area (Å²) < 4.78 is 10.4. The average molecular weight is 260 g/mol. The first-order chi connectivity index (χ1) is 9.15. The summed E-state index contributed by atoms with van der Waals surface area (Å²) >= 11 is 0. The molecule has 0 saturated carbocycles. The van der Waals surface area contributed by atoms with Crippen molar-refractivity contribution < 1.29 is 13.9 Å². The average Bonchev–Trinajstić information content (AvgIpc) is 2.99. The molecule has 0 aromatic carbocycles. The van der Waals surface area contributed by atoms with E-state index in [-0.39, 0.29) is 11.9 Å². The molecule has 0 fully saturated rings. The van der Waals surface area contributed by atoms with E-state index in [1.807, 2.05) is 13.0 Å². The van der Waals surface area contributed by atoms with Crippen molar-refractivity contribution in [1.82, 2.24) is 9.88 Å². The molecule has 0 aliphatic rings. The zero-order valence-corrected chi connectivity index (χ0v) is 11.2. The summed E-state index contributed by atoms with van der Waals surface area (Å²) in [6.07, 6.45) is 3.18. The fourth-order valence-electron chi connectivity index (χ4n) is 1.80. The molecule has 2 heterocycles. The van der Waals surface area contributed by atoms with E-state index in [0.29, 0.717) is 11.4 Å². The minimum Gasteiger partial charge on any atom is -0.480 e. The van der Waals surface area contributed by atoms with Gasteiger partial charge in [-0.3, -0.25) is 4.79 Å². The van der Waals surface area contributed by atoms with Gasteiger partial charge in [0, 0.05) is 13.2 Å². The highest BCUT2D eigenvalue weighted by molar-refractivity contribution is 5.96. The van der Waals surface area contributed by atoms with E-state index >= 15 is 0 Å². The minimum atomic E-state index is -0.160. The standard InChI is InChI=1S/C14H16N2O3/c1-10(12-7-5-9-19-12)16(2)14(17)11-6-4-8-15-13(11)18-3/h4-10H,1-3H3. The maximum absolute atomic E-state index is 12.4. The summed E-state index contributed by atoms with van der Waals surface area (Å²) in [5, 5.41) is 0. The predicted octanol–water partition coefficient (Wildman–Crippen LogP) is 2.52. The number of pyridine rings is 1. The Morgan fingerprint density at radius 1 is 1.42 bits per heavy atom. The summed E-state index contributed by atoms with van der Waals surface area (Å²) in [5.74, 6) is 0.901. The molecule has 19 heavy (non-hydrogen) atoms. The second-order valence-corrected chi connectivity index (χ2v) is 4.17. The van der Waals surface area contributed by atoms with Crippen molar-refractivity contribution in [1.29, 1.82) is 0 Å². The van der Waals surface area contributed by atoms with E-state index in [4.69, 9.17) is 9.15 Å². The topological polar surface area (TPSA) is 55.6 Å². The van der Waals surface area contributed by atoms with Crippen LogP contribution in [0.3, 0.4) is 0 Å². The Hall–Kier alpha value is -2.30. The Morgan fingerprint density at radius 3 is 2.84 bits per heavy atom. The quantitative estimate of drug-likeness (QED) is 0.847. The lowest BCUT2D eigenvalue weighted by molar-refractivity contribution is 0.0722. The summed E-state index contributed by atoms with van der Waals surface area (Å²) in [6.45, 7) is 1.90. The van der Waals surface area contributed by atoms with Crippen LogP contribution in [0.2, 0.25) is 0 Å². The van der Waals surface area contributed by atoms with Crippen LogP contribution in [0.5, 0.6) is 5.88 Å². The van der Waals surface area contributed by atoms with Crippen LogP contribution < -0.4 is 4.74 Å². The van der Waals surface area contributed by atoms with E-state index < -0.39 is 0 Å². The van der Waals surface area contributed by atoms with Gasteiger partial charge in [-0.25, -0.2) is 4.98 Å². The summed E-state index contributed by atoms with van der Waals surface area (Å²) in [6, 6.07) is 6.89. The molecule has 0 radical (unpaired) electrons. The van der Waals surface area contributed by atoms with Crippen LogP contribution in [0.4, 0.5) is 0 Å². The molecular weight excluding hydrogens is 244 g/mol. The smallest absolute Gasteiger partial charge is 0.259 e. The summed E-state index contributed by atoms with van der Waals surface area (Å²) in [4.78, 5) is 18.1. The van der Waals surface area contributed by atoms with Crippen molar-refractivity contribution in [3.8, 4) is 5.88 Å². The van der Waals surface area contributed by atoms with E-state index in [1.54, 1.807) is 42.6 Å². The lowest BCUT2D eigenvalue weighted by Crippen LogP contribution is -2.29. The Kier molecular flexibility index (Phi) is 3.85. The third-order valence-electron chi connectivity index (χ3n) is 3.05. The first-order valence-corrected chi connectivity index (χ1v) is 5.94. The van der Waals surface area contributed by atoms with Gasteiger partial charge < -0.3 is 14.1 Å². The van der Waals surface area contributed by atoms with Gasteiger partial charge in [-0.2, -0.15) is 0 Å². The number of amides is 1. The van der Waals surface area contributed by atoms with E-state index in [1.165, 1.54) is 7.11 Å². The van der Waals surface area contributed by atoms with Crippen LogP contribution >= 0.6 is 0 Å². The fraction of sp³-hybridized carbons (Fsp3) is 0.286. The Morgan fingerprint density at radius 2 is 2.21 bits per heavy atom. The van der Waals surface area contributed by atoms with Crippen molar-refractivity contribution in [2.45, 2.75) is 13.0 Å². The third-order valence-corrected chi connectivity index (χ3v) is 3.05. The molecule has 0 aliphatic carbocycles. The number of furan rings is 1. The van der Waals surface area contributed by atoms with Gasteiger partial charge in [-0.15, -0.1) is 0 Å². The number of nitrogens with zero attached hydrogens (tertiary/aromatic N) is 2. The highest BCUT2D eigenvalue weighted by Crippen LogP contribution is 2.23. The van der Waals surface area contributed by atoms with Crippen LogP contribution in [-0.4, -0.2) is 29.9 Å². The normalized spacial score (nSPS) is 11.9. The number of hydrogen-bond acceptors (Lipinski definition) is 4. The molecule has 5 nitrogen and oxygen atoms in total. The first kappa shape index (κ1) is 13.1. The number of methoxy groups -OCH3 is 1. The maximum atomic E-state index is 12.4. The Balaban J connectivity index is 2.24. The van der Waals surface area contributed by atoms with Gasteiger partial charge in [-0.05, 0) is 31.2 Å². The number of rotatable bonds is 4. The maximum Gasteiger partial charge on any atom is 0.259 e. The minimum absolute atomic E-state index is 0.158. The number of hydrogen-bond donors (Lipinski definition) is 0. The number of ether oxygens (including phenoxy) is 1. The van der Waals surface area contributed by atoms with E-state index in [9.17, 15) is 4.79 Å². The van der Waals surface area contributed by atoms with Crippen molar-refractivity contribution in [2.75, 3.05) is 14.2 Å². The molecule has 1 atom stereocenters. The Bertz CT molecular complexity index is 552. The van der Waals surface area contributed by atoms with Gasteiger partial charge in [0.1, 0.15) is 11.3 Å². The Labute approximate surface area is 111 Å². The van der Waals surface area contributed by atoms with E-state index in [2.05, 4.69) is 4.98 Å². The molecule has 2 aromatic heterocycles. The third kappa shape index (κ3) is 2.59. The highest BCUT2D eigenvalue weighted by atomic mass is 16.5. The zero-order valence-electron chi connectivity index (χ0n) is 11.2. The first-order valence-electron chi connectivity index (χ1n) is 5.94. The van der Waals surface area contributed by atoms with Crippen molar-refractivity contribution in [3.63, 3.8) is 0 Å². The molecule has 0 spiro atoms. The summed E-state index contributed by atoms with van der Waals surface area (Å²) in [7, 11) is 3.22.